The molecule has 2 heterocycles. The Hall–Kier alpha value is -1.37. The number of aryl methyl sites for hydroxylation is 1. The van der Waals surface area contributed by atoms with E-state index in [1.165, 1.54) is 6.20 Å². The molecule has 6 nitrogen and oxygen atoms in total. The molecule has 1 aliphatic rings. The number of amides is 1. The van der Waals surface area contributed by atoms with Crippen LogP contribution in [0.15, 0.2) is 6.20 Å². The second-order valence-corrected chi connectivity index (χ2v) is 6.95. The Balaban J connectivity index is 2.13. The van der Waals surface area contributed by atoms with E-state index in [-0.39, 0.29) is 17.4 Å². The van der Waals surface area contributed by atoms with Crippen LogP contribution in [0, 0.1) is 6.92 Å². The van der Waals surface area contributed by atoms with Crippen molar-refractivity contribution < 1.29 is 13.2 Å². The average Bonchev–Trinajstić information content (AvgIpc) is 2.70. The Morgan fingerprint density at radius 2 is 2.29 bits per heavy atom. The van der Waals surface area contributed by atoms with E-state index >= 15 is 0 Å². The summed E-state index contributed by atoms with van der Waals surface area (Å²) in [6, 6.07) is 0. The third-order valence-corrected chi connectivity index (χ3v) is 4.90. The highest BCUT2D eigenvalue weighted by Crippen LogP contribution is 2.23. The van der Waals surface area contributed by atoms with Crippen LogP contribution in [-0.2, 0) is 9.84 Å². The molecule has 2 N–H and O–H groups in total. The minimum Gasteiger partial charge on any atom is -0.346 e. The number of carbonyl (C=O) groups is 1. The van der Waals surface area contributed by atoms with Crippen molar-refractivity contribution in [1.29, 1.82) is 0 Å². The molecule has 1 amide bonds. The van der Waals surface area contributed by atoms with E-state index in [1.54, 1.807) is 13.8 Å². The van der Waals surface area contributed by atoms with Crippen molar-refractivity contribution >= 4 is 15.7 Å². The number of aromatic nitrogens is 2. The molecule has 0 aromatic carbocycles. The van der Waals surface area contributed by atoms with Gasteiger partial charge < -0.3 is 5.32 Å². The van der Waals surface area contributed by atoms with Gasteiger partial charge in [-0.1, -0.05) is 0 Å². The van der Waals surface area contributed by atoms with E-state index < -0.39 is 15.4 Å². The summed E-state index contributed by atoms with van der Waals surface area (Å²) in [4.78, 5) is 11.9. The number of nitrogens with zero attached hydrogens (tertiary/aromatic N) is 1. The van der Waals surface area contributed by atoms with Gasteiger partial charge in [0.2, 0.25) is 0 Å². The maximum Gasteiger partial charge on any atom is 0.255 e. The van der Waals surface area contributed by atoms with E-state index in [4.69, 9.17) is 0 Å². The lowest BCUT2D eigenvalue weighted by molar-refractivity contribution is 0.0915. The predicted molar refractivity (Wildman–Crippen MR) is 62.5 cm³/mol. The molecule has 7 heteroatoms. The van der Waals surface area contributed by atoms with Crippen molar-refractivity contribution in [2.45, 2.75) is 25.8 Å². The summed E-state index contributed by atoms with van der Waals surface area (Å²) < 4.78 is 22.8. The Morgan fingerprint density at radius 3 is 2.76 bits per heavy atom. The largest absolute Gasteiger partial charge is 0.346 e. The lowest BCUT2D eigenvalue weighted by Gasteiger charge is -2.23. The van der Waals surface area contributed by atoms with Crippen molar-refractivity contribution in [3.63, 3.8) is 0 Å². The third kappa shape index (κ3) is 2.49. The van der Waals surface area contributed by atoms with Gasteiger partial charge in [-0.2, -0.15) is 5.10 Å². The molecule has 2 rings (SSSR count). The molecule has 0 bridgehead atoms. The minimum absolute atomic E-state index is 0.00262. The predicted octanol–water partition coefficient (Wildman–Crippen LogP) is 0.0251. The summed E-state index contributed by atoms with van der Waals surface area (Å²) in [6.45, 7) is 3.50. The van der Waals surface area contributed by atoms with Crippen molar-refractivity contribution in [3.8, 4) is 0 Å². The van der Waals surface area contributed by atoms with Crippen molar-refractivity contribution in [2.75, 3.05) is 11.5 Å². The summed E-state index contributed by atoms with van der Waals surface area (Å²) in [6.07, 6.45) is 1.90. The average molecular weight is 257 g/mol. The maximum absolute atomic E-state index is 11.9. The van der Waals surface area contributed by atoms with Crippen LogP contribution in [-0.4, -0.2) is 41.6 Å². The van der Waals surface area contributed by atoms with Gasteiger partial charge in [0, 0.05) is 5.69 Å². The van der Waals surface area contributed by atoms with E-state index in [0.717, 1.165) is 0 Å². The van der Waals surface area contributed by atoms with Crippen LogP contribution >= 0.6 is 0 Å². The number of sulfone groups is 1. The topological polar surface area (TPSA) is 91.9 Å². The van der Waals surface area contributed by atoms with Crippen LogP contribution in [0.1, 0.15) is 29.4 Å². The first-order chi connectivity index (χ1) is 7.81. The van der Waals surface area contributed by atoms with E-state index in [2.05, 4.69) is 15.5 Å². The quantitative estimate of drug-likeness (QED) is 0.781. The molecular formula is C10H15N3O3S. The third-order valence-electron chi connectivity index (χ3n) is 2.99. The SMILES string of the molecule is Cc1[nH]ncc1C(=O)NC1(C)CCS(=O)(=O)C1. The summed E-state index contributed by atoms with van der Waals surface area (Å²) >= 11 is 0. The fraction of sp³-hybridized carbons (Fsp3) is 0.600. The number of nitrogens with one attached hydrogen (secondary N) is 2. The molecule has 1 atom stereocenters. The molecule has 0 saturated carbocycles. The first-order valence-electron chi connectivity index (χ1n) is 5.34. The fourth-order valence-corrected chi connectivity index (χ4v) is 4.12. The number of aromatic amines is 1. The van der Waals surface area contributed by atoms with Gasteiger partial charge in [-0.3, -0.25) is 9.89 Å². The number of carbonyl (C=O) groups excluding carboxylic acids is 1. The van der Waals surface area contributed by atoms with Crippen LogP contribution in [0.4, 0.5) is 0 Å². The number of H-pyrrole nitrogens is 1. The molecule has 0 spiro atoms. The molecule has 0 aliphatic carbocycles. The zero-order valence-electron chi connectivity index (χ0n) is 9.78. The van der Waals surface area contributed by atoms with Gasteiger partial charge in [-0.05, 0) is 20.3 Å². The summed E-state index contributed by atoms with van der Waals surface area (Å²) in [5.74, 6) is -0.146. The molecule has 94 valence electrons. The number of hydrogen-bond donors (Lipinski definition) is 2. The second-order valence-electron chi connectivity index (χ2n) is 4.77. The highest BCUT2D eigenvalue weighted by atomic mass is 32.2. The molecule has 0 radical (unpaired) electrons. The van der Waals surface area contributed by atoms with E-state index in [1.807, 2.05) is 0 Å². The van der Waals surface area contributed by atoms with Crippen LogP contribution in [0.5, 0.6) is 0 Å². The van der Waals surface area contributed by atoms with Gasteiger partial charge in [0.25, 0.3) is 5.91 Å². The molecule has 1 aliphatic heterocycles. The van der Waals surface area contributed by atoms with Crippen LogP contribution in [0.25, 0.3) is 0 Å². The number of rotatable bonds is 2. The van der Waals surface area contributed by atoms with Crippen LogP contribution < -0.4 is 5.32 Å². The molecular weight excluding hydrogens is 242 g/mol. The zero-order chi connectivity index (χ0) is 12.7. The van der Waals surface area contributed by atoms with Crippen molar-refractivity contribution in [2.24, 2.45) is 0 Å². The standard InChI is InChI=1S/C10H15N3O3S/c1-7-8(5-11-13-7)9(14)12-10(2)3-4-17(15,16)6-10/h5H,3-4,6H2,1-2H3,(H,11,13)(H,12,14). The Morgan fingerprint density at radius 1 is 1.59 bits per heavy atom. The molecule has 1 saturated heterocycles. The Kier molecular flexibility index (Phi) is 2.73. The summed E-state index contributed by atoms with van der Waals surface area (Å²) in [5.41, 5.74) is 0.460. The first kappa shape index (κ1) is 12.1. The Labute approximate surface area is 99.7 Å². The van der Waals surface area contributed by atoms with Crippen LogP contribution in [0.3, 0.4) is 0 Å². The lowest BCUT2D eigenvalue weighted by Crippen LogP contribution is -2.47. The molecule has 1 fully saturated rings. The van der Waals surface area contributed by atoms with E-state index in [9.17, 15) is 13.2 Å². The van der Waals surface area contributed by atoms with Gasteiger partial charge >= 0.3 is 0 Å². The highest BCUT2D eigenvalue weighted by molar-refractivity contribution is 7.91. The molecule has 1 aromatic rings. The summed E-state index contributed by atoms with van der Waals surface area (Å²) in [5, 5.41) is 9.21. The summed E-state index contributed by atoms with van der Waals surface area (Å²) in [7, 11) is -3.02. The fourth-order valence-electron chi connectivity index (χ4n) is 2.03. The smallest absolute Gasteiger partial charge is 0.255 e. The van der Waals surface area contributed by atoms with Gasteiger partial charge in [0.1, 0.15) is 0 Å². The van der Waals surface area contributed by atoms with Crippen molar-refractivity contribution in [3.05, 3.63) is 17.5 Å². The normalized spacial score (nSPS) is 26.9. The van der Waals surface area contributed by atoms with Crippen molar-refractivity contribution in [1.82, 2.24) is 15.5 Å². The monoisotopic (exact) mass is 257 g/mol. The second kappa shape index (κ2) is 3.83. The molecule has 17 heavy (non-hydrogen) atoms. The van der Waals surface area contributed by atoms with Gasteiger partial charge in [-0.15, -0.1) is 0 Å². The maximum atomic E-state index is 11.9. The minimum atomic E-state index is -3.02. The first-order valence-corrected chi connectivity index (χ1v) is 7.16. The van der Waals surface area contributed by atoms with Gasteiger partial charge in [0.05, 0.1) is 28.8 Å². The lowest BCUT2D eigenvalue weighted by atomic mass is 10.0. The van der Waals surface area contributed by atoms with Gasteiger partial charge in [0.15, 0.2) is 9.84 Å². The Bertz CT molecular complexity index is 549. The zero-order valence-corrected chi connectivity index (χ0v) is 10.6. The molecule has 1 aromatic heterocycles. The molecule has 1 unspecified atom stereocenters. The number of hydrogen-bond acceptors (Lipinski definition) is 4. The highest BCUT2D eigenvalue weighted by Gasteiger charge is 2.39. The van der Waals surface area contributed by atoms with E-state index in [0.29, 0.717) is 17.7 Å². The van der Waals surface area contributed by atoms with Gasteiger partial charge in [-0.25, -0.2) is 8.42 Å². The van der Waals surface area contributed by atoms with Crippen LogP contribution in [0.2, 0.25) is 0 Å².